The Hall–Kier alpha value is -1.89. The van der Waals surface area contributed by atoms with Crippen molar-refractivity contribution in [1.82, 2.24) is 10.6 Å². The van der Waals surface area contributed by atoms with Gasteiger partial charge < -0.3 is 20.1 Å². The van der Waals surface area contributed by atoms with Gasteiger partial charge in [-0.3, -0.25) is 4.79 Å². The summed E-state index contributed by atoms with van der Waals surface area (Å²) >= 11 is 0. The summed E-state index contributed by atoms with van der Waals surface area (Å²) in [5.74, 6) is -0.251. The molecular weight excluding hydrogens is 282 g/mol. The number of rotatable bonds is 5. The summed E-state index contributed by atoms with van der Waals surface area (Å²) in [7, 11) is 1.33. The number of carbonyl (C=O) groups is 1. The number of hydrogen-bond donors (Lipinski definition) is 2. The summed E-state index contributed by atoms with van der Waals surface area (Å²) in [6, 6.07) is 4.21. The highest BCUT2D eigenvalue weighted by Crippen LogP contribution is 2.29. The maximum absolute atomic E-state index is 12.2. The van der Waals surface area contributed by atoms with Gasteiger partial charge in [0.1, 0.15) is 0 Å². The third-order valence-electron chi connectivity index (χ3n) is 3.27. The van der Waals surface area contributed by atoms with E-state index in [1.165, 1.54) is 25.3 Å². The fourth-order valence-corrected chi connectivity index (χ4v) is 2.25. The number of methoxy groups -OCH3 is 1. The van der Waals surface area contributed by atoms with Gasteiger partial charge in [-0.2, -0.15) is 8.78 Å². The van der Waals surface area contributed by atoms with E-state index in [9.17, 15) is 13.6 Å². The highest BCUT2D eigenvalue weighted by Gasteiger charge is 2.18. The van der Waals surface area contributed by atoms with Crippen LogP contribution in [0.4, 0.5) is 8.78 Å². The molecule has 0 bridgehead atoms. The Balaban J connectivity index is 2.06. The molecule has 2 rings (SSSR count). The van der Waals surface area contributed by atoms with Crippen LogP contribution in [-0.2, 0) is 0 Å². The minimum absolute atomic E-state index is 0.0780. The molecule has 116 valence electrons. The van der Waals surface area contributed by atoms with Gasteiger partial charge in [0.15, 0.2) is 11.5 Å². The number of halogens is 2. The van der Waals surface area contributed by atoms with Crippen LogP contribution < -0.4 is 20.1 Å². The van der Waals surface area contributed by atoms with Crippen molar-refractivity contribution in [1.29, 1.82) is 0 Å². The minimum atomic E-state index is -2.94. The Kier molecular flexibility index (Phi) is 5.32. The van der Waals surface area contributed by atoms with E-state index in [0.717, 1.165) is 25.9 Å². The first-order valence-corrected chi connectivity index (χ1v) is 6.74. The summed E-state index contributed by atoms with van der Waals surface area (Å²) in [5.41, 5.74) is 0.346. The number of ether oxygens (including phenoxy) is 2. The molecule has 0 saturated carbocycles. The molecule has 1 amide bonds. The lowest BCUT2D eigenvalue weighted by Gasteiger charge is -2.24. The van der Waals surface area contributed by atoms with Gasteiger partial charge in [0.25, 0.3) is 5.91 Å². The van der Waals surface area contributed by atoms with Crippen LogP contribution in [0.2, 0.25) is 0 Å². The average Bonchev–Trinajstić information content (AvgIpc) is 2.48. The molecule has 1 aromatic rings. The van der Waals surface area contributed by atoms with Crippen LogP contribution in [0, 0.1) is 0 Å². The lowest BCUT2D eigenvalue weighted by molar-refractivity contribution is -0.0512. The summed E-state index contributed by atoms with van der Waals surface area (Å²) in [6.45, 7) is -1.25. The van der Waals surface area contributed by atoms with Crippen LogP contribution >= 0.6 is 0 Å². The zero-order valence-corrected chi connectivity index (χ0v) is 11.7. The van der Waals surface area contributed by atoms with Gasteiger partial charge in [0.2, 0.25) is 0 Å². The standard InChI is InChI=1S/C14H18F2N2O3/c1-20-12-7-9(4-5-11(12)21-14(15)16)13(19)18-10-3-2-6-17-8-10/h4-5,7,10,14,17H,2-3,6,8H2,1H3,(H,18,19). The Bertz CT molecular complexity index is 491. The van der Waals surface area contributed by atoms with E-state index in [0.29, 0.717) is 5.56 Å². The summed E-state index contributed by atoms with van der Waals surface area (Å²) in [5, 5.41) is 6.10. The number of hydrogen-bond acceptors (Lipinski definition) is 4. The lowest BCUT2D eigenvalue weighted by Crippen LogP contribution is -2.45. The zero-order chi connectivity index (χ0) is 15.2. The number of piperidine rings is 1. The molecule has 21 heavy (non-hydrogen) atoms. The predicted octanol–water partition coefficient (Wildman–Crippen LogP) is 1.78. The molecule has 1 aliphatic rings. The van der Waals surface area contributed by atoms with E-state index < -0.39 is 6.61 Å². The van der Waals surface area contributed by atoms with E-state index in [1.807, 2.05) is 0 Å². The number of carbonyl (C=O) groups excluding carboxylic acids is 1. The quantitative estimate of drug-likeness (QED) is 0.870. The smallest absolute Gasteiger partial charge is 0.387 e. The molecule has 0 radical (unpaired) electrons. The third kappa shape index (κ3) is 4.29. The Morgan fingerprint density at radius 2 is 2.24 bits per heavy atom. The SMILES string of the molecule is COc1cc(C(=O)NC2CCCNC2)ccc1OC(F)F. The molecule has 0 aromatic heterocycles. The second kappa shape index (κ2) is 7.21. The van der Waals surface area contributed by atoms with Crippen LogP contribution in [0.15, 0.2) is 18.2 Å². The van der Waals surface area contributed by atoms with Gasteiger partial charge in [0.05, 0.1) is 7.11 Å². The van der Waals surface area contributed by atoms with E-state index in [1.54, 1.807) is 0 Å². The van der Waals surface area contributed by atoms with E-state index in [2.05, 4.69) is 15.4 Å². The molecule has 1 atom stereocenters. The van der Waals surface area contributed by atoms with Crippen molar-refractivity contribution in [3.63, 3.8) is 0 Å². The molecule has 1 heterocycles. The molecule has 7 heteroatoms. The highest BCUT2D eigenvalue weighted by atomic mass is 19.3. The van der Waals surface area contributed by atoms with E-state index in [4.69, 9.17) is 4.74 Å². The lowest BCUT2D eigenvalue weighted by atomic mass is 10.1. The van der Waals surface area contributed by atoms with Crippen molar-refractivity contribution in [2.24, 2.45) is 0 Å². The molecule has 1 aliphatic heterocycles. The summed E-state index contributed by atoms with van der Waals surface area (Å²) in [6.07, 6.45) is 1.93. The van der Waals surface area contributed by atoms with Gasteiger partial charge in [-0.15, -0.1) is 0 Å². The molecular formula is C14H18F2N2O3. The second-order valence-electron chi connectivity index (χ2n) is 4.76. The number of amides is 1. The average molecular weight is 300 g/mol. The van der Waals surface area contributed by atoms with Crippen LogP contribution in [-0.4, -0.2) is 38.8 Å². The van der Waals surface area contributed by atoms with Crippen molar-refractivity contribution in [2.75, 3.05) is 20.2 Å². The third-order valence-corrected chi connectivity index (χ3v) is 3.27. The van der Waals surface area contributed by atoms with Crippen molar-refractivity contribution >= 4 is 5.91 Å². The van der Waals surface area contributed by atoms with Crippen molar-refractivity contribution < 1.29 is 23.0 Å². The summed E-state index contributed by atoms with van der Waals surface area (Å²) in [4.78, 5) is 12.1. The Labute approximate surface area is 121 Å². The van der Waals surface area contributed by atoms with Crippen molar-refractivity contribution in [2.45, 2.75) is 25.5 Å². The van der Waals surface area contributed by atoms with Crippen LogP contribution in [0.1, 0.15) is 23.2 Å². The maximum Gasteiger partial charge on any atom is 0.387 e. The first-order valence-electron chi connectivity index (χ1n) is 6.74. The van der Waals surface area contributed by atoms with Crippen molar-refractivity contribution in [3.8, 4) is 11.5 Å². The number of benzene rings is 1. The maximum atomic E-state index is 12.2. The molecule has 5 nitrogen and oxygen atoms in total. The largest absolute Gasteiger partial charge is 0.493 e. The monoisotopic (exact) mass is 300 g/mol. The Morgan fingerprint density at radius 1 is 1.43 bits per heavy atom. The van der Waals surface area contributed by atoms with Crippen molar-refractivity contribution in [3.05, 3.63) is 23.8 Å². The van der Waals surface area contributed by atoms with Gasteiger partial charge in [-0.05, 0) is 37.6 Å². The molecule has 1 saturated heterocycles. The van der Waals surface area contributed by atoms with Gasteiger partial charge in [-0.1, -0.05) is 0 Å². The van der Waals surface area contributed by atoms with Crippen LogP contribution in [0.5, 0.6) is 11.5 Å². The van der Waals surface area contributed by atoms with Gasteiger partial charge in [-0.25, -0.2) is 0 Å². The summed E-state index contributed by atoms with van der Waals surface area (Å²) < 4.78 is 33.8. The topological polar surface area (TPSA) is 59.6 Å². The predicted molar refractivity (Wildman–Crippen MR) is 73.0 cm³/mol. The number of nitrogens with one attached hydrogen (secondary N) is 2. The highest BCUT2D eigenvalue weighted by molar-refractivity contribution is 5.95. The van der Waals surface area contributed by atoms with E-state index in [-0.39, 0.29) is 23.4 Å². The van der Waals surface area contributed by atoms with E-state index >= 15 is 0 Å². The second-order valence-corrected chi connectivity index (χ2v) is 4.76. The normalized spacial score (nSPS) is 18.4. The van der Waals surface area contributed by atoms with Crippen LogP contribution in [0.25, 0.3) is 0 Å². The van der Waals surface area contributed by atoms with Gasteiger partial charge in [0, 0.05) is 18.2 Å². The molecule has 1 unspecified atom stereocenters. The molecule has 0 spiro atoms. The molecule has 1 aromatic carbocycles. The zero-order valence-electron chi connectivity index (χ0n) is 11.7. The fraction of sp³-hybridized carbons (Fsp3) is 0.500. The Morgan fingerprint density at radius 3 is 2.86 bits per heavy atom. The molecule has 2 N–H and O–H groups in total. The molecule has 0 aliphatic carbocycles. The van der Waals surface area contributed by atoms with Gasteiger partial charge >= 0.3 is 6.61 Å². The first-order chi connectivity index (χ1) is 10.1. The first kappa shape index (κ1) is 15.5. The van der Waals surface area contributed by atoms with Crippen LogP contribution in [0.3, 0.4) is 0 Å². The minimum Gasteiger partial charge on any atom is -0.493 e. The number of alkyl halides is 2. The molecule has 1 fully saturated rings. The fourth-order valence-electron chi connectivity index (χ4n) is 2.25.